The largest absolute Gasteiger partial charge is 0.367 e. The SMILES string of the molecule is CN(Cc1nccn1C)c1ccc([N+](=O)[O-])c(CBr)c1. The number of alkyl halides is 1. The monoisotopic (exact) mass is 338 g/mol. The van der Waals surface area contributed by atoms with Gasteiger partial charge in [0.1, 0.15) is 5.82 Å². The number of imidazole rings is 1. The van der Waals surface area contributed by atoms with E-state index >= 15 is 0 Å². The number of rotatable bonds is 5. The van der Waals surface area contributed by atoms with Crippen molar-refractivity contribution < 1.29 is 4.92 Å². The summed E-state index contributed by atoms with van der Waals surface area (Å²) < 4.78 is 1.95. The predicted molar refractivity (Wildman–Crippen MR) is 81.0 cm³/mol. The summed E-state index contributed by atoms with van der Waals surface area (Å²) >= 11 is 3.29. The van der Waals surface area contributed by atoms with Crippen LogP contribution in [0.25, 0.3) is 0 Å². The fourth-order valence-corrected chi connectivity index (χ4v) is 2.40. The molecule has 0 radical (unpaired) electrons. The van der Waals surface area contributed by atoms with Crippen LogP contribution in [0.5, 0.6) is 0 Å². The third kappa shape index (κ3) is 2.98. The highest BCUT2D eigenvalue weighted by atomic mass is 79.9. The molecule has 2 rings (SSSR count). The maximum atomic E-state index is 10.9. The molecule has 106 valence electrons. The van der Waals surface area contributed by atoms with Gasteiger partial charge in [-0.15, -0.1) is 0 Å². The highest BCUT2D eigenvalue weighted by Gasteiger charge is 2.15. The van der Waals surface area contributed by atoms with E-state index in [1.165, 1.54) is 0 Å². The number of anilines is 1. The summed E-state index contributed by atoms with van der Waals surface area (Å²) in [5.41, 5.74) is 1.73. The van der Waals surface area contributed by atoms with Gasteiger partial charge in [0.2, 0.25) is 0 Å². The molecule has 0 spiro atoms. The minimum atomic E-state index is -0.362. The molecule has 0 saturated heterocycles. The number of benzene rings is 1. The Kier molecular flexibility index (Phi) is 4.39. The molecule has 1 aromatic carbocycles. The third-order valence-electron chi connectivity index (χ3n) is 3.14. The van der Waals surface area contributed by atoms with Crippen molar-refractivity contribution in [1.29, 1.82) is 0 Å². The van der Waals surface area contributed by atoms with Crippen LogP contribution in [0.3, 0.4) is 0 Å². The minimum Gasteiger partial charge on any atom is -0.367 e. The van der Waals surface area contributed by atoms with Crippen LogP contribution >= 0.6 is 15.9 Å². The highest BCUT2D eigenvalue weighted by Crippen LogP contribution is 2.26. The zero-order valence-corrected chi connectivity index (χ0v) is 12.9. The lowest BCUT2D eigenvalue weighted by Crippen LogP contribution is -2.19. The van der Waals surface area contributed by atoms with Crippen LogP contribution in [-0.4, -0.2) is 21.5 Å². The summed E-state index contributed by atoms with van der Waals surface area (Å²) in [5, 5.41) is 11.4. The van der Waals surface area contributed by atoms with Crippen LogP contribution in [0, 0.1) is 10.1 Å². The first-order valence-corrected chi connectivity index (χ1v) is 7.15. The van der Waals surface area contributed by atoms with Crippen molar-refractivity contribution in [2.24, 2.45) is 7.05 Å². The molecule has 0 N–H and O–H groups in total. The molecule has 0 bridgehead atoms. The number of aromatic nitrogens is 2. The summed E-state index contributed by atoms with van der Waals surface area (Å²) in [7, 11) is 3.88. The van der Waals surface area contributed by atoms with Gasteiger partial charge in [0.15, 0.2) is 0 Å². The van der Waals surface area contributed by atoms with E-state index < -0.39 is 0 Å². The molecular formula is C13H15BrN4O2. The molecule has 0 aliphatic carbocycles. The minimum absolute atomic E-state index is 0.135. The number of nitro benzene ring substituents is 1. The molecule has 20 heavy (non-hydrogen) atoms. The van der Waals surface area contributed by atoms with E-state index in [-0.39, 0.29) is 10.6 Å². The van der Waals surface area contributed by atoms with Gasteiger partial charge in [-0.25, -0.2) is 4.98 Å². The number of aryl methyl sites for hydroxylation is 1. The maximum Gasteiger partial charge on any atom is 0.273 e. The number of halogens is 1. The molecule has 1 heterocycles. The van der Waals surface area contributed by atoms with Crippen molar-refractivity contribution in [2.75, 3.05) is 11.9 Å². The van der Waals surface area contributed by atoms with E-state index in [1.807, 2.05) is 35.8 Å². The fourth-order valence-electron chi connectivity index (χ4n) is 1.95. The lowest BCUT2D eigenvalue weighted by molar-refractivity contribution is -0.385. The molecule has 2 aromatic rings. The molecule has 0 saturated carbocycles. The summed E-state index contributed by atoms with van der Waals surface area (Å²) in [4.78, 5) is 16.8. The van der Waals surface area contributed by atoms with E-state index in [2.05, 4.69) is 20.9 Å². The van der Waals surface area contributed by atoms with Gasteiger partial charge in [-0.05, 0) is 12.1 Å². The van der Waals surface area contributed by atoms with Crippen molar-refractivity contribution in [3.63, 3.8) is 0 Å². The Labute approximate surface area is 125 Å². The lowest BCUT2D eigenvalue weighted by Gasteiger charge is -2.19. The van der Waals surface area contributed by atoms with Gasteiger partial charge in [-0.3, -0.25) is 10.1 Å². The summed E-state index contributed by atoms with van der Waals surface area (Å²) in [6.45, 7) is 0.642. The first kappa shape index (κ1) is 14.5. The smallest absolute Gasteiger partial charge is 0.273 e. The molecule has 6 nitrogen and oxygen atoms in total. The van der Waals surface area contributed by atoms with Crippen LogP contribution in [0.15, 0.2) is 30.6 Å². The third-order valence-corrected chi connectivity index (χ3v) is 3.75. The van der Waals surface area contributed by atoms with Crippen LogP contribution in [0.2, 0.25) is 0 Å². The predicted octanol–water partition coefficient (Wildman–Crippen LogP) is 2.86. The molecule has 1 aromatic heterocycles. The highest BCUT2D eigenvalue weighted by molar-refractivity contribution is 9.08. The van der Waals surface area contributed by atoms with Gasteiger partial charge in [0, 0.05) is 49.1 Å². The quantitative estimate of drug-likeness (QED) is 0.477. The molecule has 0 amide bonds. The number of hydrogen-bond acceptors (Lipinski definition) is 4. The summed E-state index contributed by atoms with van der Waals surface area (Å²) in [5.74, 6) is 0.936. The number of hydrogen-bond donors (Lipinski definition) is 0. The van der Waals surface area contributed by atoms with Gasteiger partial charge >= 0.3 is 0 Å². The average Bonchev–Trinajstić information content (AvgIpc) is 2.83. The second-order valence-electron chi connectivity index (χ2n) is 4.51. The van der Waals surface area contributed by atoms with Crippen LogP contribution in [0.4, 0.5) is 11.4 Å². The Balaban J connectivity index is 2.24. The topological polar surface area (TPSA) is 64.2 Å². The van der Waals surface area contributed by atoms with Crippen molar-refractivity contribution >= 4 is 27.3 Å². The van der Waals surface area contributed by atoms with Gasteiger partial charge < -0.3 is 9.47 Å². The summed E-state index contributed by atoms with van der Waals surface area (Å²) in [6, 6.07) is 5.13. The van der Waals surface area contributed by atoms with E-state index in [0.29, 0.717) is 17.4 Å². The van der Waals surface area contributed by atoms with Gasteiger partial charge in [-0.2, -0.15) is 0 Å². The van der Waals surface area contributed by atoms with Crippen molar-refractivity contribution in [2.45, 2.75) is 11.9 Å². The van der Waals surface area contributed by atoms with Gasteiger partial charge in [0.25, 0.3) is 5.69 Å². The molecule has 0 atom stereocenters. The number of nitrogens with zero attached hydrogens (tertiary/aromatic N) is 4. The molecule has 7 heteroatoms. The Hall–Kier alpha value is -1.89. The van der Waals surface area contributed by atoms with E-state index in [1.54, 1.807) is 18.3 Å². The van der Waals surface area contributed by atoms with Gasteiger partial charge in [0.05, 0.1) is 11.5 Å². The second-order valence-corrected chi connectivity index (χ2v) is 5.07. The Morgan fingerprint density at radius 2 is 2.25 bits per heavy atom. The maximum absolute atomic E-state index is 10.9. The van der Waals surface area contributed by atoms with E-state index in [0.717, 1.165) is 11.5 Å². The Morgan fingerprint density at radius 1 is 1.50 bits per heavy atom. The van der Waals surface area contributed by atoms with Crippen LogP contribution < -0.4 is 4.90 Å². The van der Waals surface area contributed by atoms with Crippen LogP contribution in [-0.2, 0) is 18.9 Å². The van der Waals surface area contributed by atoms with Crippen molar-refractivity contribution in [1.82, 2.24) is 9.55 Å². The lowest BCUT2D eigenvalue weighted by atomic mass is 10.1. The summed E-state index contributed by atoms with van der Waals surface area (Å²) in [6.07, 6.45) is 3.64. The van der Waals surface area contributed by atoms with Crippen molar-refractivity contribution in [3.8, 4) is 0 Å². The molecule has 0 fully saturated rings. The zero-order valence-electron chi connectivity index (χ0n) is 11.3. The molecule has 0 aliphatic heterocycles. The first-order valence-electron chi connectivity index (χ1n) is 6.03. The fraction of sp³-hybridized carbons (Fsp3) is 0.308. The Bertz CT molecular complexity index is 627. The standard InChI is InChI=1S/C13H15BrN4O2/c1-16-6-5-15-13(16)9-17(2)11-3-4-12(18(19)20)10(7-11)8-14/h3-7H,8-9H2,1-2H3. The first-order chi connectivity index (χ1) is 9.52. The zero-order chi connectivity index (χ0) is 14.7. The van der Waals surface area contributed by atoms with E-state index in [9.17, 15) is 10.1 Å². The number of nitro groups is 1. The average molecular weight is 339 g/mol. The molecular weight excluding hydrogens is 324 g/mol. The van der Waals surface area contributed by atoms with E-state index in [4.69, 9.17) is 0 Å². The second kappa shape index (κ2) is 6.04. The molecule has 0 unspecified atom stereocenters. The van der Waals surface area contributed by atoms with Gasteiger partial charge in [-0.1, -0.05) is 15.9 Å². The van der Waals surface area contributed by atoms with Crippen LogP contribution in [0.1, 0.15) is 11.4 Å². The molecule has 0 aliphatic rings. The normalized spacial score (nSPS) is 10.6. The Morgan fingerprint density at radius 3 is 2.80 bits per heavy atom. The van der Waals surface area contributed by atoms with Crippen molar-refractivity contribution in [3.05, 3.63) is 52.1 Å².